The van der Waals surface area contributed by atoms with Crippen LogP contribution in [0.1, 0.15) is 38.3 Å². The van der Waals surface area contributed by atoms with Crippen molar-refractivity contribution in [2.45, 2.75) is 49.9 Å². The van der Waals surface area contributed by atoms with Gasteiger partial charge in [0.2, 0.25) is 16.0 Å². The Balaban J connectivity index is 1.22. The molecule has 0 atom stereocenters. The molecular formula is C26H38ClN7O3S. The average molecular weight is 564 g/mol. The molecule has 2 N–H and O–H groups in total. The lowest BCUT2D eigenvalue weighted by molar-refractivity contribution is 0.154. The SMILES string of the molecule is COc1cc(N2CCN(C)CC2)ccc1Nc1ncc(Cl)c(CN2CCC(C)(NS(=O)(=O)C3CC3)CC2)n1. The number of aromatic nitrogens is 2. The van der Waals surface area contributed by atoms with E-state index >= 15 is 0 Å². The van der Waals surface area contributed by atoms with Crippen LogP contribution in [-0.2, 0) is 16.6 Å². The molecule has 38 heavy (non-hydrogen) atoms. The van der Waals surface area contributed by atoms with Crippen LogP contribution in [0, 0.1) is 0 Å². The molecule has 2 aromatic rings. The number of nitrogens with one attached hydrogen (secondary N) is 2. The molecule has 10 nitrogen and oxygen atoms in total. The van der Waals surface area contributed by atoms with Gasteiger partial charge in [0.05, 0.1) is 35.0 Å². The van der Waals surface area contributed by atoms with E-state index in [2.05, 4.69) is 42.8 Å². The van der Waals surface area contributed by atoms with E-state index < -0.39 is 15.6 Å². The van der Waals surface area contributed by atoms with E-state index in [1.165, 1.54) is 0 Å². The maximum Gasteiger partial charge on any atom is 0.227 e. The van der Waals surface area contributed by atoms with Crippen molar-refractivity contribution in [1.29, 1.82) is 0 Å². The van der Waals surface area contributed by atoms with Crippen LogP contribution >= 0.6 is 11.6 Å². The summed E-state index contributed by atoms with van der Waals surface area (Å²) in [7, 11) is 0.596. The van der Waals surface area contributed by atoms with Crippen LogP contribution in [0.2, 0.25) is 5.02 Å². The van der Waals surface area contributed by atoms with Gasteiger partial charge in [-0.2, -0.15) is 0 Å². The Morgan fingerprint density at radius 3 is 2.50 bits per heavy atom. The standard InChI is InChI=1S/C26H38ClN7O3S/c1-26(31-38(35,36)20-5-6-20)8-10-33(11-9-26)18-23-21(27)17-28-25(30-23)29-22-7-4-19(16-24(22)37-3)34-14-12-32(2)13-15-34/h4,7,16-17,20,31H,5-6,8-15,18H2,1-3H3,(H,28,29,30). The summed E-state index contributed by atoms with van der Waals surface area (Å²) >= 11 is 6.47. The molecule has 0 bridgehead atoms. The number of likely N-dealkylation sites (tertiary alicyclic amines) is 1. The number of sulfonamides is 1. The summed E-state index contributed by atoms with van der Waals surface area (Å²) in [6.07, 6.45) is 4.64. The number of nitrogens with zero attached hydrogens (tertiary/aromatic N) is 5. The van der Waals surface area contributed by atoms with Crippen molar-refractivity contribution in [3.8, 4) is 5.75 Å². The predicted octanol–water partition coefficient (Wildman–Crippen LogP) is 3.07. The molecule has 1 aromatic heterocycles. The summed E-state index contributed by atoms with van der Waals surface area (Å²) in [5.41, 5.74) is 2.25. The maximum atomic E-state index is 12.4. The zero-order chi connectivity index (χ0) is 26.9. The molecule has 0 amide bonds. The molecule has 0 spiro atoms. The number of ether oxygens (including phenoxy) is 1. The molecule has 5 rings (SSSR count). The molecule has 3 aliphatic rings. The van der Waals surface area contributed by atoms with Crippen LogP contribution in [0.4, 0.5) is 17.3 Å². The quantitative estimate of drug-likeness (QED) is 0.476. The minimum Gasteiger partial charge on any atom is -0.494 e. The monoisotopic (exact) mass is 563 g/mol. The summed E-state index contributed by atoms with van der Waals surface area (Å²) in [6.45, 7) is 8.14. The molecular weight excluding hydrogens is 526 g/mol. The Morgan fingerprint density at radius 2 is 1.84 bits per heavy atom. The van der Waals surface area contributed by atoms with Gasteiger partial charge in [-0.1, -0.05) is 11.6 Å². The third kappa shape index (κ3) is 6.51. The summed E-state index contributed by atoms with van der Waals surface area (Å²) in [4.78, 5) is 16.1. The Kier molecular flexibility index (Phi) is 8.02. The predicted molar refractivity (Wildman–Crippen MR) is 151 cm³/mol. The average Bonchev–Trinajstić information content (AvgIpc) is 3.74. The minimum atomic E-state index is -3.21. The van der Waals surface area contributed by atoms with Gasteiger partial charge in [-0.3, -0.25) is 4.90 Å². The van der Waals surface area contributed by atoms with E-state index in [1.807, 2.05) is 19.1 Å². The Labute approximate surface area is 230 Å². The fourth-order valence-electron chi connectivity index (χ4n) is 5.06. The normalized spacial score (nSPS) is 20.9. The molecule has 1 aliphatic carbocycles. The molecule has 0 unspecified atom stereocenters. The van der Waals surface area contributed by atoms with Gasteiger partial charge >= 0.3 is 0 Å². The molecule has 3 heterocycles. The third-order valence-electron chi connectivity index (χ3n) is 7.80. The second-order valence-electron chi connectivity index (χ2n) is 11.0. The number of rotatable bonds is 9. The van der Waals surface area contributed by atoms with Gasteiger partial charge < -0.3 is 19.9 Å². The zero-order valence-corrected chi connectivity index (χ0v) is 24.0. The van der Waals surface area contributed by atoms with Crippen LogP contribution in [0.5, 0.6) is 5.75 Å². The van der Waals surface area contributed by atoms with E-state index in [0.717, 1.165) is 87.8 Å². The van der Waals surface area contributed by atoms with E-state index in [1.54, 1.807) is 13.3 Å². The molecule has 3 fully saturated rings. The fraction of sp³-hybridized carbons (Fsp3) is 0.615. The molecule has 1 saturated carbocycles. The number of likely N-dealkylation sites (N-methyl/N-ethyl adjacent to an activating group) is 1. The summed E-state index contributed by atoms with van der Waals surface area (Å²) in [5.74, 6) is 1.18. The highest BCUT2D eigenvalue weighted by Gasteiger charge is 2.41. The van der Waals surface area contributed by atoms with Crippen LogP contribution < -0.4 is 19.7 Å². The van der Waals surface area contributed by atoms with Gasteiger partial charge in [0.1, 0.15) is 5.75 Å². The Bertz CT molecular complexity index is 1240. The van der Waals surface area contributed by atoms with Gasteiger partial charge in [0.25, 0.3) is 0 Å². The van der Waals surface area contributed by atoms with Crippen molar-refractivity contribution in [1.82, 2.24) is 24.5 Å². The minimum absolute atomic E-state index is 0.204. The van der Waals surface area contributed by atoms with Crippen molar-refractivity contribution in [3.63, 3.8) is 0 Å². The first-order valence-electron chi connectivity index (χ1n) is 13.3. The molecule has 0 radical (unpaired) electrons. The summed E-state index contributed by atoms with van der Waals surface area (Å²) < 4.78 is 33.5. The van der Waals surface area contributed by atoms with E-state index in [4.69, 9.17) is 21.3 Å². The van der Waals surface area contributed by atoms with E-state index in [0.29, 0.717) is 17.5 Å². The number of hydrogen-bond donors (Lipinski definition) is 2. The van der Waals surface area contributed by atoms with Crippen LogP contribution in [-0.4, -0.2) is 92.4 Å². The third-order valence-corrected chi connectivity index (χ3v) is 10.2. The molecule has 2 saturated heterocycles. The number of hydrogen-bond acceptors (Lipinski definition) is 9. The van der Waals surface area contributed by atoms with Crippen molar-refractivity contribution >= 4 is 38.9 Å². The maximum absolute atomic E-state index is 12.4. The first kappa shape index (κ1) is 27.4. The number of piperazine rings is 1. The number of methoxy groups -OCH3 is 1. The smallest absolute Gasteiger partial charge is 0.227 e. The van der Waals surface area contributed by atoms with Gasteiger partial charge in [-0.25, -0.2) is 23.1 Å². The van der Waals surface area contributed by atoms with Crippen LogP contribution in [0.25, 0.3) is 0 Å². The highest BCUT2D eigenvalue weighted by atomic mass is 35.5. The highest BCUT2D eigenvalue weighted by Crippen LogP contribution is 2.33. The van der Waals surface area contributed by atoms with Gasteiger partial charge in [0.15, 0.2) is 0 Å². The number of anilines is 3. The number of halogens is 1. The Hall–Kier alpha value is -2.18. The second kappa shape index (κ2) is 11.1. The van der Waals surface area contributed by atoms with Gasteiger partial charge in [-0.05, 0) is 51.8 Å². The molecule has 12 heteroatoms. The van der Waals surface area contributed by atoms with Crippen molar-refractivity contribution < 1.29 is 13.2 Å². The lowest BCUT2D eigenvalue weighted by Crippen LogP contribution is -2.53. The zero-order valence-electron chi connectivity index (χ0n) is 22.4. The topological polar surface area (TPSA) is 103 Å². The molecule has 208 valence electrons. The van der Waals surface area contributed by atoms with Gasteiger partial charge in [-0.15, -0.1) is 0 Å². The van der Waals surface area contributed by atoms with E-state index in [9.17, 15) is 8.42 Å². The first-order chi connectivity index (χ1) is 18.1. The summed E-state index contributed by atoms with van der Waals surface area (Å²) in [6, 6.07) is 6.14. The van der Waals surface area contributed by atoms with Gasteiger partial charge in [0, 0.05) is 63.1 Å². The van der Waals surface area contributed by atoms with Crippen molar-refractivity contribution in [3.05, 3.63) is 35.1 Å². The van der Waals surface area contributed by atoms with E-state index in [-0.39, 0.29) is 5.25 Å². The largest absolute Gasteiger partial charge is 0.494 e. The Morgan fingerprint density at radius 1 is 1.13 bits per heavy atom. The van der Waals surface area contributed by atoms with Crippen LogP contribution in [0.15, 0.2) is 24.4 Å². The second-order valence-corrected chi connectivity index (χ2v) is 13.3. The number of piperidine rings is 1. The van der Waals surface area contributed by atoms with Crippen LogP contribution in [0.3, 0.4) is 0 Å². The van der Waals surface area contributed by atoms with Crippen molar-refractivity contribution in [2.75, 3.05) is 63.6 Å². The lowest BCUT2D eigenvalue weighted by Gasteiger charge is -2.39. The molecule has 1 aromatic carbocycles. The fourth-order valence-corrected chi connectivity index (χ4v) is 7.03. The van der Waals surface area contributed by atoms with Crippen molar-refractivity contribution in [2.24, 2.45) is 0 Å². The highest BCUT2D eigenvalue weighted by molar-refractivity contribution is 7.90. The number of benzene rings is 1. The lowest BCUT2D eigenvalue weighted by atomic mass is 9.91. The summed E-state index contributed by atoms with van der Waals surface area (Å²) in [5, 5.41) is 3.60. The first-order valence-corrected chi connectivity index (χ1v) is 15.2. The molecule has 2 aliphatic heterocycles.